The van der Waals surface area contributed by atoms with Crippen LogP contribution in [0, 0.1) is 0 Å². The molecule has 0 aromatic carbocycles. The molecule has 6 heterocycles. The second-order valence-corrected chi connectivity index (χ2v) is 8.54. The lowest BCUT2D eigenvalue weighted by Gasteiger charge is -2.38. The lowest BCUT2D eigenvalue weighted by Crippen LogP contribution is -2.48. The number of carbonyl (C=O) groups is 1. The van der Waals surface area contributed by atoms with Crippen molar-refractivity contribution >= 4 is 35.2 Å². The van der Waals surface area contributed by atoms with E-state index < -0.39 is 0 Å². The molecule has 1 unspecified atom stereocenters. The van der Waals surface area contributed by atoms with Gasteiger partial charge in [0.25, 0.3) is 5.91 Å². The van der Waals surface area contributed by atoms with Crippen LogP contribution in [-0.4, -0.2) is 59.4 Å². The van der Waals surface area contributed by atoms with Crippen LogP contribution in [0.4, 0.5) is 11.8 Å². The topological polar surface area (TPSA) is 153 Å². The van der Waals surface area contributed by atoms with Gasteiger partial charge in [-0.15, -0.1) is 5.10 Å². The van der Waals surface area contributed by atoms with Crippen LogP contribution < -0.4 is 11.5 Å². The Morgan fingerprint density at radius 2 is 1.81 bits per heavy atom. The van der Waals surface area contributed by atoms with Crippen LogP contribution in [0.1, 0.15) is 43.7 Å². The first-order valence-corrected chi connectivity index (χ1v) is 10.7. The molecule has 3 aromatic heterocycles. The van der Waals surface area contributed by atoms with Gasteiger partial charge in [0, 0.05) is 65.9 Å². The first-order valence-electron chi connectivity index (χ1n) is 10.7. The summed E-state index contributed by atoms with van der Waals surface area (Å²) >= 11 is 0. The van der Waals surface area contributed by atoms with Crippen LogP contribution in [-0.2, 0) is 4.79 Å². The highest BCUT2D eigenvalue weighted by Crippen LogP contribution is 2.43. The molecule has 3 aliphatic rings. The number of piperidine rings is 1. The fourth-order valence-corrected chi connectivity index (χ4v) is 5.20. The lowest BCUT2D eigenvalue weighted by molar-refractivity contribution is -0.128. The summed E-state index contributed by atoms with van der Waals surface area (Å²) in [4.78, 5) is 28.1. The highest BCUT2D eigenvalue weighted by molar-refractivity contribution is 6.42. The van der Waals surface area contributed by atoms with Gasteiger partial charge in [-0.3, -0.25) is 4.79 Å². The van der Waals surface area contributed by atoms with E-state index in [4.69, 9.17) is 16.5 Å². The van der Waals surface area contributed by atoms with Gasteiger partial charge < -0.3 is 16.4 Å². The van der Waals surface area contributed by atoms with E-state index in [9.17, 15) is 4.79 Å². The molecule has 4 N–H and O–H groups in total. The smallest absolute Gasteiger partial charge is 0.271 e. The van der Waals surface area contributed by atoms with Gasteiger partial charge in [0.1, 0.15) is 11.5 Å². The maximum Gasteiger partial charge on any atom is 0.271 e. The monoisotopic (exact) mass is 430 g/mol. The Hall–Kier alpha value is -3.89. The van der Waals surface area contributed by atoms with Gasteiger partial charge in [0.2, 0.25) is 5.95 Å². The van der Waals surface area contributed by atoms with Gasteiger partial charge in [0.15, 0.2) is 5.65 Å². The maximum absolute atomic E-state index is 13.0. The van der Waals surface area contributed by atoms with Crippen LogP contribution in [0.25, 0.3) is 16.8 Å². The second kappa shape index (κ2) is 7.08. The molecule has 2 fully saturated rings. The summed E-state index contributed by atoms with van der Waals surface area (Å²) in [6.45, 7) is 0. The normalized spacial score (nSPS) is 24.3. The first kappa shape index (κ1) is 18.8. The average Bonchev–Trinajstić information content (AvgIpc) is 3.52. The Bertz CT molecular complexity index is 1260. The van der Waals surface area contributed by atoms with Crippen molar-refractivity contribution < 1.29 is 4.79 Å². The average molecular weight is 430 g/mol. The summed E-state index contributed by atoms with van der Waals surface area (Å²) in [5.74, 6) is 0.982. The molecular formula is C21H22N10O. The van der Waals surface area contributed by atoms with Crippen molar-refractivity contribution in [3.05, 3.63) is 30.4 Å². The van der Waals surface area contributed by atoms with Gasteiger partial charge >= 0.3 is 0 Å². The number of nitrogens with two attached hydrogens (primary N) is 2. The number of nitrogen functional groups attached to an aromatic ring is 2. The molecule has 0 radical (unpaired) electrons. The van der Waals surface area contributed by atoms with Crippen molar-refractivity contribution in [2.24, 2.45) is 10.2 Å². The Morgan fingerprint density at radius 1 is 1.06 bits per heavy atom. The van der Waals surface area contributed by atoms with Gasteiger partial charge in [0.05, 0.1) is 6.20 Å². The standard InChI is InChI=1S/C21H22N10O/c22-18-7-17(28-19-15(10-27-31(18)19)12-8-24-21(23)25-9-12)11-5-13-1-2-14(6-11)30(13)20(32)16-3-4-26-29-16/h4,7-11,13-14H,1-3,5-6,22H2,(H2,23,24,25)/t11?,13-,14+. The van der Waals surface area contributed by atoms with Crippen molar-refractivity contribution in [1.29, 1.82) is 0 Å². The molecule has 2 bridgehead atoms. The molecule has 6 rings (SSSR count). The zero-order chi connectivity index (χ0) is 21.8. The van der Waals surface area contributed by atoms with E-state index in [1.807, 2.05) is 11.0 Å². The van der Waals surface area contributed by atoms with Gasteiger partial charge in [-0.1, -0.05) is 0 Å². The number of carbonyl (C=O) groups excluding carboxylic acids is 1. The zero-order valence-corrected chi connectivity index (χ0v) is 17.3. The minimum absolute atomic E-state index is 0.0257. The molecular weight excluding hydrogens is 408 g/mol. The van der Waals surface area contributed by atoms with Crippen LogP contribution in [0.15, 0.2) is 34.9 Å². The third-order valence-corrected chi connectivity index (χ3v) is 6.68. The fourth-order valence-electron chi connectivity index (χ4n) is 5.20. The van der Waals surface area contributed by atoms with E-state index >= 15 is 0 Å². The number of hydrogen-bond acceptors (Lipinski definition) is 9. The number of anilines is 2. The zero-order valence-electron chi connectivity index (χ0n) is 17.3. The minimum atomic E-state index is 0.0257. The van der Waals surface area contributed by atoms with E-state index in [-0.39, 0.29) is 29.9 Å². The van der Waals surface area contributed by atoms with E-state index in [2.05, 4.69) is 25.3 Å². The van der Waals surface area contributed by atoms with Crippen LogP contribution in [0.5, 0.6) is 0 Å². The third kappa shape index (κ3) is 2.92. The van der Waals surface area contributed by atoms with Crippen LogP contribution >= 0.6 is 0 Å². The van der Waals surface area contributed by atoms with Crippen molar-refractivity contribution in [2.75, 3.05) is 11.5 Å². The van der Waals surface area contributed by atoms with Crippen molar-refractivity contribution in [3.8, 4) is 11.1 Å². The third-order valence-electron chi connectivity index (χ3n) is 6.68. The Morgan fingerprint density at radius 3 is 2.50 bits per heavy atom. The summed E-state index contributed by atoms with van der Waals surface area (Å²) in [7, 11) is 0. The predicted octanol–water partition coefficient (Wildman–Crippen LogP) is 1.42. The molecule has 3 aromatic rings. The Labute approximate surface area is 183 Å². The molecule has 0 spiro atoms. The van der Waals surface area contributed by atoms with Crippen LogP contribution in [0.3, 0.4) is 0 Å². The number of hydrogen-bond donors (Lipinski definition) is 2. The summed E-state index contributed by atoms with van der Waals surface area (Å²) < 4.78 is 1.63. The van der Waals surface area contributed by atoms with Gasteiger partial charge in [-0.2, -0.15) is 14.7 Å². The summed E-state index contributed by atoms with van der Waals surface area (Å²) in [6, 6.07) is 2.27. The highest BCUT2D eigenvalue weighted by atomic mass is 16.2. The lowest BCUT2D eigenvalue weighted by atomic mass is 9.87. The summed E-state index contributed by atoms with van der Waals surface area (Å²) in [5, 5.41) is 12.2. The molecule has 3 aliphatic heterocycles. The quantitative estimate of drug-likeness (QED) is 0.637. The number of nitrogens with zero attached hydrogens (tertiary/aromatic N) is 8. The number of amides is 1. The molecule has 1 amide bonds. The molecule has 2 saturated heterocycles. The van der Waals surface area contributed by atoms with Crippen molar-refractivity contribution in [3.63, 3.8) is 0 Å². The van der Waals surface area contributed by atoms with E-state index in [0.717, 1.165) is 42.5 Å². The number of rotatable bonds is 3. The van der Waals surface area contributed by atoms with Crippen molar-refractivity contribution in [1.82, 2.24) is 29.5 Å². The number of aromatic nitrogens is 5. The molecule has 32 heavy (non-hydrogen) atoms. The Kier molecular flexibility index (Phi) is 4.17. The maximum atomic E-state index is 13.0. The van der Waals surface area contributed by atoms with Gasteiger partial charge in [-0.25, -0.2) is 15.0 Å². The summed E-state index contributed by atoms with van der Waals surface area (Å²) in [5.41, 5.74) is 15.7. The van der Waals surface area contributed by atoms with E-state index in [1.54, 1.807) is 29.3 Å². The molecule has 162 valence electrons. The Balaban J connectivity index is 1.32. The number of fused-ring (bicyclic) bond motifs is 3. The molecule has 0 aliphatic carbocycles. The predicted molar refractivity (Wildman–Crippen MR) is 119 cm³/mol. The van der Waals surface area contributed by atoms with Gasteiger partial charge in [-0.05, 0) is 25.7 Å². The van der Waals surface area contributed by atoms with E-state index in [0.29, 0.717) is 23.6 Å². The first-order chi connectivity index (χ1) is 15.6. The van der Waals surface area contributed by atoms with Crippen molar-refractivity contribution in [2.45, 2.75) is 50.1 Å². The largest absolute Gasteiger partial charge is 0.384 e. The SMILES string of the molecule is Nc1ncc(-c2cnn3c(N)cc(C4C[C@H]5CC[C@@H](C4)N5C(=O)C4=NN=CC4)nc23)cn1. The molecule has 0 saturated carbocycles. The second-order valence-electron chi connectivity index (χ2n) is 8.54. The molecule has 11 nitrogen and oxygen atoms in total. The van der Waals surface area contributed by atoms with E-state index in [1.165, 1.54) is 0 Å². The minimum Gasteiger partial charge on any atom is -0.384 e. The summed E-state index contributed by atoms with van der Waals surface area (Å²) in [6.07, 6.45) is 10.9. The molecule has 11 heteroatoms. The highest BCUT2D eigenvalue weighted by Gasteiger charge is 2.45. The molecule has 3 atom stereocenters. The van der Waals surface area contributed by atoms with Crippen LogP contribution in [0.2, 0.25) is 0 Å². The fraction of sp³-hybridized carbons (Fsp3) is 0.381.